The number of amides is 1. The molecule has 5 nitrogen and oxygen atoms in total. The van der Waals surface area contributed by atoms with Gasteiger partial charge in [-0.25, -0.2) is 0 Å². The van der Waals surface area contributed by atoms with Crippen LogP contribution >= 0.6 is 0 Å². The molecule has 0 atom stereocenters. The zero-order valence-corrected chi connectivity index (χ0v) is 8.03. The predicted octanol–water partition coefficient (Wildman–Crippen LogP) is 0.854. The summed E-state index contributed by atoms with van der Waals surface area (Å²) in [5, 5.41) is 2.49. The van der Waals surface area contributed by atoms with Crippen LogP contribution in [0.4, 0.5) is 11.4 Å². The second-order valence-electron chi connectivity index (χ2n) is 2.56. The second kappa shape index (κ2) is 4.36. The first-order chi connectivity index (χ1) is 6.72. The molecule has 3 N–H and O–H groups in total. The van der Waals surface area contributed by atoms with Gasteiger partial charge in [0.2, 0.25) is 6.41 Å². The Hall–Kier alpha value is -1.91. The fourth-order valence-electron chi connectivity index (χ4n) is 1.10. The van der Waals surface area contributed by atoms with E-state index in [4.69, 9.17) is 15.2 Å². The van der Waals surface area contributed by atoms with Crippen molar-refractivity contribution in [3.05, 3.63) is 12.1 Å². The number of hydrogen-bond acceptors (Lipinski definition) is 4. The quantitative estimate of drug-likeness (QED) is 0.553. The van der Waals surface area contributed by atoms with E-state index in [1.807, 2.05) is 0 Å². The number of methoxy groups -OCH3 is 2. The average Bonchev–Trinajstić information content (AvgIpc) is 2.20. The topological polar surface area (TPSA) is 73.6 Å². The third-order valence-electron chi connectivity index (χ3n) is 1.77. The minimum atomic E-state index is 0.459. The number of carbonyl (C=O) groups excluding carboxylic acids is 1. The van der Waals surface area contributed by atoms with Crippen LogP contribution in [0.1, 0.15) is 0 Å². The van der Waals surface area contributed by atoms with Gasteiger partial charge in [-0.15, -0.1) is 0 Å². The van der Waals surface area contributed by atoms with E-state index in [1.54, 1.807) is 12.1 Å². The summed E-state index contributed by atoms with van der Waals surface area (Å²) in [5.41, 5.74) is 6.63. The lowest BCUT2D eigenvalue weighted by atomic mass is 10.2. The van der Waals surface area contributed by atoms with E-state index < -0.39 is 0 Å². The molecule has 0 spiro atoms. The molecule has 1 rings (SSSR count). The van der Waals surface area contributed by atoms with Crippen molar-refractivity contribution in [3.8, 4) is 11.5 Å². The second-order valence-corrected chi connectivity index (χ2v) is 2.56. The first kappa shape index (κ1) is 10.2. The summed E-state index contributed by atoms with van der Waals surface area (Å²) >= 11 is 0. The molecule has 14 heavy (non-hydrogen) atoms. The normalized spacial score (nSPS) is 9.29. The highest BCUT2D eigenvalue weighted by atomic mass is 16.5. The molecule has 0 aliphatic rings. The minimum Gasteiger partial charge on any atom is -0.495 e. The Bertz CT molecular complexity index is 339. The zero-order valence-electron chi connectivity index (χ0n) is 8.03. The number of hydrogen-bond donors (Lipinski definition) is 2. The van der Waals surface area contributed by atoms with Gasteiger partial charge in [-0.2, -0.15) is 0 Å². The van der Waals surface area contributed by atoms with E-state index in [0.29, 0.717) is 29.3 Å². The standard InChI is InChI=1S/C9H12N2O3/c1-13-8-4-7(11-5-12)9(14-2)3-6(8)10/h3-5H,10H2,1-2H3,(H,11,12). The van der Waals surface area contributed by atoms with Crippen LogP contribution in [-0.2, 0) is 4.79 Å². The molecule has 0 aliphatic carbocycles. The molecule has 1 aromatic rings. The molecule has 0 saturated heterocycles. The Morgan fingerprint density at radius 1 is 1.29 bits per heavy atom. The number of nitrogens with two attached hydrogens (primary N) is 1. The van der Waals surface area contributed by atoms with Crippen LogP contribution in [0, 0.1) is 0 Å². The van der Waals surface area contributed by atoms with Crippen molar-refractivity contribution in [2.75, 3.05) is 25.3 Å². The van der Waals surface area contributed by atoms with Gasteiger partial charge in [0.15, 0.2) is 0 Å². The van der Waals surface area contributed by atoms with Gasteiger partial charge in [0.05, 0.1) is 25.6 Å². The van der Waals surface area contributed by atoms with Gasteiger partial charge in [-0.05, 0) is 0 Å². The highest BCUT2D eigenvalue weighted by Gasteiger charge is 2.07. The molecule has 76 valence electrons. The third-order valence-corrected chi connectivity index (χ3v) is 1.77. The fraction of sp³-hybridized carbons (Fsp3) is 0.222. The van der Waals surface area contributed by atoms with Crippen LogP contribution in [0.3, 0.4) is 0 Å². The van der Waals surface area contributed by atoms with Crippen molar-refractivity contribution in [1.29, 1.82) is 0 Å². The molecule has 0 saturated carbocycles. The SMILES string of the molecule is COc1cc(NC=O)c(OC)cc1N. The van der Waals surface area contributed by atoms with Gasteiger partial charge < -0.3 is 20.5 Å². The van der Waals surface area contributed by atoms with Gasteiger partial charge in [-0.1, -0.05) is 0 Å². The molecule has 1 aromatic carbocycles. The monoisotopic (exact) mass is 196 g/mol. The maximum Gasteiger partial charge on any atom is 0.211 e. The van der Waals surface area contributed by atoms with Gasteiger partial charge in [0.25, 0.3) is 0 Å². The molecule has 0 heterocycles. The number of carbonyl (C=O) groups is 1. The molecule has 1 amide bonds. The maximum absolute atomic E-state index is 10.3. The number of nitrogen functional groups attached to an aromatic ring is 1. The van der Waals surface area contributed by atoms with Gasteiger partial charge in [0.1, 0.15) is 11.5 Å². The summed E-state index contributed by atoms with van der Waals surface area (Å²) in [7, 11) is 3.00. The lowest BCUT2D eigenvalue weighted by molar-refractivity contribution is -0.105. The average molecular weight is 196 g/mol. The van der Waals surface area contributed by atoms with E-state index in [-0.39, 0.29) is 0 Å². The number of benzene rings is 1. The lowest BCUT2D eigenvalue weighted by Crippen LogP contribution is -2.00. The number of rotatable bonds is 4. The molecule has 0 radical (unpaired) electrons. The summed E-state index contributed by atoms with van der Waals surface area (Å²) < 4.78 is 10.0. The van der Waals surface area contributed by atoms with Crippen molar-refractivity contribution >= 4 is 17.8 Å². The Kier molecular flexibility index (Phi) is 3.17. The summed E-state index contributed by atoms with van der Waals surface area (Å²) in [6.07, 6.45) is 0.563. The zero-order chi connectivity index (χ0) is 10.6. The predicted molar refractivity (Wildman–Crippen MR) is 53.6 cm³/mol. The molecule has 0 aliphatic heterocycles. The van der Waals surface area contributed by atoms with Crippen molar-refractivity contribution < 1.29 is 14.3 Å². The Labute approximate surface area is 81.8 Å². The molecule has 0 aromatic heterocycles. The Balaban J connectivity index is 3.17. The lowest BCUT2D eigenvalue weighted by Gasteiger charge is -2.11. The minimum absolute atomic E-state index is 0.459. The number of anilines is 2. The van der Waals surface area contributed by atoms with Crippen molar-refractivity contribution in [1.82, 2.24) is 0 Å². The van der Waals surface area contributed by atoms with Crippen LogP contribution < -0.4 is 20.5 Å². The van der Waals surface area contributed by atoms with Crippen LogP contribution in [0.2, 0.25) is 0 Å². The summed E-state index contributed by atoms with van der Waals surface area (Å²) in [6, 6.07) is 3.19. The summed E-state index contributed by atoms with van der Waals surface area (Å²) in [4.78, 5) is 10.3. The van der Waals surface area contributed by atoms with E-state index in [1.165, 1.54) is 14.2 Å². The van der Waals surface area contributed by atoms with Crippen LogP contribution in [0.25, 0.3) is 0 Å². The molecular formula is C9H12N2O3. The molecular weight excluding hydrogens is 184 g/mol. The molecule has 0 fully saturated rings. The summed E-state index contributed by atoms with van der Waals surface area (Å²) in [6.45, 7) is 0. The highest BCUT2D eigenvalue weighted by molar-refractivity contribution is 5.79. The molecule has 0 bridgehead atoms. The maximum atomic E-state index is 10.3. The van der Waals surface area contributed by atoms with E-state index in [2.05, 4.69) is 5.32 Å². The first-order valence-electron chi connectivity index (χ1n) is 3.94. The first-order valence-corrected chi connectivity index (χ1v) is 3.94. The van der Waals surface area contributed by atoms with E-state index in [9.17, 15) is 4.79 Å². The van der Waals surface area contributed by atoms with Crippen molar-refractivity contribution in [3.63, 3.8) is 0 Å². The summed E-state index contributed by atoms with van der Waals surface area (Å²) in [5.74, 6) is 0.991. The Morgan fingerprint density at radius 2 is 1.93 bits per heavy atom. The van der Waals surface area contributed by atoms with Crippen LogP contribution in [0.5, 0.6) is 11.5 Å². The van der Waals surface area contributed by atoms with Gasteiger partial charge in [0, 0.05) is 12.1 Å². The molecule has 0 unspecified atom stereocenters. The number of nitrogens with one attached hydrogen (secondary N) is 1. The third kappa shape index (κ3) is 1.87. The largest absolute Gasteiger partial charge is 0.495 e. The smallest absolute Gasteiger partial charge is 0.211 e. The van der Waals surface area contributed by atoms with E-state index >= 15 is 0 Å². The van der Waals surface area contributed by atoms with Gasteiger partial charge >= 0.3 is 0 Å². The highest BCUT2D eigenvalue weighted by Crippen LogP contribution is 2.33. The Morgan fingerprint density at radius 3 is 2.43 bits per heavy atom. The van der Waals surface area contributed by atoms with Crippen molar-refractivity contribution in [2.45, 2.75) is 0 Å². The van der Waals surface area contributed by atoms with Gasteiger partial charge in [-0.3, -0.25) is 4.79 Å². The number of ether oxygens (including phenoxy) is 2. The van der Waals surface area contributed by atoms with Crippen LogP contribution in [0.15, 0.2) is 12.1 Å². The van der Waals surface area contributed by atoms with E-state index in [0.717, 1.165) is 0 Å². The fourth-order valence-corrected chi connectivity index (χ4v) is 1.10. The molecule has 5 heteroatoms. The van der Waals surface area contributed by atoms with Crippen LogP contribution in [-0.4, -0.2) is 20.6 Å². The van der Waals surface area contributed by atoms with Crippen molar-refractivity contribution in [2.24, 2.45) is 0 Å².